The first kappa shape index (κ1) is 29.0. The van der Waals surface area contributed by atoms with Crippen LogP contribution in [0.1, 0.15) is 62.5 Å². The minimum Gasteiger partial charge on any atom is -0.496 e. The van der Waals surface area contributed by atoms with Crippen LogP contribution in [0.25, 0.3) is 0 Å². The zero-order valence-corrected chi connectivity index (χ0v) is 23.1. The normalized spacial score (nSPS) is 27.1. The number of carbonyl (C=O) groups is 2. The molecular formula is C29H40F3N3O5. The second-order valence-electron chi connectivity index (χ2n) is 11.8. The van der Waals surface area contributed by atoms with Crippen molar-refractivity contribution < 1.29 is 37.0 Å². The second-order valence-corrected chi connectivity index (χ2v) is 11.8. The maximum absolute atomic E-state index is 13.1. The molecule has 222 valence electrons. The highest BCUT2D eigenvalue weighted by Crippen LogP contribution is 2.38. The van der Waals surface area contributed by atoms with Gasteiger partial charge in [-0.2, -0.15) is 13.2 Å². The van der Waals surface area contributed by atoms with Gasteiger partial charge in [-0.25, -0.2) is 4.79 Å². The number of halogens is 3. The third-order valence-corrected chi connectivity index (χ3v) is 9.04. The number of nitrogens with zero attached hydrogens (tertiary/aromatic N) is 2. The number of amides is 2. The summed E-state index contributed by atoms with van der Waals surface area (Å²) in [4.78, 5) is 29.4. The summed E-state index contributed by atoms with van der Waals surface area (Å²) in [7, 11) is 1.38. The van der Waals surface area contributed by atoms with Crippen LogP contribution in [0.5, 0.6) is 5.75 Å². The number of nitrogens with one attached hydrogen (secondary N) is 1. The highest BCUT2D eigenvalue weighted by molar-refractivity contribution is 5.78. The Labute approximate surface area is 233 Å². The monoisotopic (exact) mass is 567 g/mol. The van der Waals surface area contributed by atoms with Gasteiger partial charge in [-0.15, -0.1) is 0 Å². The van der Waals surface area contributed by atoms with E-state index in [9.17, 15) is 22.8 Å². The molecule has 0 bridgehead atoms. The van der Waals surface area contributed by atoms with E-state index < -0.39 is 17.3 Å². The lowest BCUT2D eigenvalue weighted by atomic mass is 9.81. The van der Waals surface area contributed by atoms with Crippen molar-refractivity contribution in [3.8, 4) is 5.75 Å². The molecule has 1 aromatic rings. The van der Waals surface area contributed by atoms with Gasteiger partial charge in [0.25, 0.3) is 0 Å². The van der Waals surface area contributed by atoms with Gasteiger partial charge in [0.05, 0.1) is 25.3 Å². The minimum atomic E-state index is -4.42. The van der Waals surface area contributed by atoms with Gasteiger partial charge in [0, 0.05) is 63.7 Å². The maximum Gasteiger partial charge on any atom is 0.416 e. The molecule has 3 aliphatic heterocycles. The number of hydrogen-bond acceptors (Lipinski definition) is 6. The first-order valence-electron chi connectivity index (χ1n) is 14.5. The molecular weight excluding hydrogens is 527 g/mol. The maximum atomic E-state index is 13.1. The number of methoxy groups -OCH3 is 1. The van der Waals surface area contributed by atoms with Gasteiger partial charge >= 0.3 is 12.3 Å². The van der Waals surface area contributed by atoms with Gasteiger partial charge in [-0.3, -0.25) is 9.69 Å². The molecule has 1 unspecified atom stereocenters. The molecule has 1 N–H and O–H groups in total. The molecule has 3 saturated heterocycles. The number of ether oxygens (including phenoxy) is 3. The molecule has 1 saturated carbocycles. The number of piperidine rings is 1. The third kappa shape index (κ3) is 6.84. The van der Waals surface area contributed by atoms with Crippen LogP contribution in [0.3, 0.4) is 0 Å². The number of likely N-dealkylation sites (tertiary alicyclic amines) is 1. The van der Waals surface area contributed by atoms with Crippen LogP contribution in [0.15, 0.2) is 18.2 Å². The van der Waals surface area contributed by atoms with Crippen molar-refractivity contribution >= 4 is 12.0 Å². The van der Waals surface area contributed by atoms with E-state index in [1.165, 1.54) is 13.2 Å². The fraction of sp³-hybridized carbons (Fsp3) is 0.724. The Kier molecular flexibility index (Phi) is 8.80. The van der Waals surface area contributed by atoms with Crippen LogP contribution in [0, 0.1) is 11.8 Å². The highest BCUT2D eigenvalue weighted by Gasteiger charge is 2.47. The van der Waals surface area contributed by atoms with Crippen molar-refractivity contribution in [2.75, 3.05) is 46.4 Å². The van der Waals surface area contributed by atoms with E-state index in [1.807, 2.05) is 4.90 Å². The van der Waals surface area contributed by atoms with Crippen LogP contribution in [0.4, 0.5) is 18.0 Å². The van der Waals surface area contributed by atoms with Crippen molar-refractivity contribution in [2.24, 2.45) is 11.8 Å². The van der Waals surface area contributed by atoms with Gasteiger partial charge in [-0.1, -0.05) is 6.07 Å². The molecule has 1 aliphatic carbocycles. The first-order valence-corrected chi connectivity index (χ1v) is 14.5. The molecule has 4 aliphatic rings. The van der Waals surface area contributed by atoms with E-state index in [2.05, 4.69) is 10.2 Å². The molecule has 0 radical (unpaired) electrons. The van der Waals surface area contributed by atoms with Crippen LogP contribution >= 0.6 is 0 Å². The number of alkyl halides is 3. The van der Waals surface area contributed by atoms with E-state index in [0.717, 1.165) is 57.3 Å². The fourth-order valence-electron chi connectivity index (χ4n) is 6.59. The number of benzene rings is 1. The summed E-state index contributed by atoms with van der Waals surface area (Å²) in [5.41, 5.74) is -0.542. The topological polar surface area (TPSA) is 80.3 Å². The zero-order valence-electron chi connectivity index (χ0n) is 23.1. The predicted molar refractivity (Wildman–Crippen MR) is 141 cm³/mol. The van der Waals surface area contributed by atoms with Crippen molar-refractivity contribution in [2.45, 2.75) is 75.8 Å². The van der Waals surface area contributed by atoms with Gasteiger partial charge in [0.2, 0.25) is 5.91 Å². The summed E-state index contributed by atoms with van der Waals surface area (Å²) < 4.78 is 56.0. The van der Waals surface area contributed by atoms with E-state index in [0.29, 0.717) is 63.6 Å². The van der Waals surface area contributed by atoms with Crippen molar-refractivity contribution in [3.05, 3.63) is 29.3 Å². The van der Waals surface area contributed by atoms with Crippen molar-refractivity contribution in [1.82, 2.24) is 15.1 Å². The lowest BCUT2D eigenvalue weighted by Gasteiger charge is -2.37. The molecule has 2 amide bonds. The Bertz CT molecular complexity index is 1050. The van der Waals surface area contributed by atoms with Gasteiger partial charge < -0.3 is 24.4 Å². The van der Waals surface area contributed by atoms with E-state index in [-0.39, 0.29) is 29.8 Å². The smallest absolute Gasteiger partial charge is 0.416 e. The molecule has 40 heavy (non-hydrogen) atoms. The Balaban J connectivity index is 1.06. The van der Waals surface area contributed by atoms with E-state index in [4.69, 9.17) is 14.2 Å². The van der Waals surface area contributed by atoms with Crippen molar-refractivity contribution in [1.29, 1.82) is 0 Å². The molecule has 3 heterocycles. The van der Waals surface area contributed by atoms with E-state index >= 15 is 0 Å². The van der Waals surface area contributed by atoms with Crippen LogP contribution in [-0.4, -0.2) is 79.9 Å². The number of carbonyl (C=O) groups excluding carboxylic acids is 2. The summed E-state index contributed by atoms with van der Waals surface area (Å²) in [6, 6.07) is 3.61. The molecule has 4 fully saturated rings. The average molecular weight is 568 g/mol. The predicted octanol–water partition coefficient (Wildman–Crippen LogP) is 4.60. The molecule has 8 nitrogen and oxygen atoms in total. The summed E-state index contributed by atoms with van der Waals surface area (Å²) in [6.45, 7) is 4.41. The summed E-state index contributed by atoms with van der Waals surface area (Å²) >= 11 is 0. The SMILES string of the molecule is COc1cc(C(F)(F)F)ccc1CN1CCC2(CC1)CN(C[C@H]1CC[C@H](C(=O)NCC3CCCO3)CC1)C(=O)O2. The molecule has 1 aromatic carbocycles. The molecule has 1 atom stereocenters. The zero-order chi connectivity index (χ0) is 28.3. The Morgan fingerprint density at radius 1 is 1.15 bits per heavy atom. The molecule has 1 spiro atoms. The van der Waals surface area contributed by atoms with Crippen LogP contribution in [-0.2, 0) is 27.0 Å². The summed E-state index contributed by atoms with van der Waals surface area (Å²) in [5, 5.41) is 3.06. The van der Waals surface area contributed by atoms with Gasteiger partial charge in [0.1, 0.15) is 11.4 Å². The van der Waals surface area contributed by atoms with Crippen LogP contribution < -0.4 is 10.1 Å². The second kappa shape index (κ2) is 12.1. The third-order valence-electron chi connectivity index (χ3n) is 9.04. The molecule has 0 aromatic heterocycles. The summed E-state index contributed by atoms with van der Waals surface area (Å²) in [5.74, 6) is 0.733. The lowest BCUT2D eigenvalue weighted by molar-refractivity contribution is -0.137. The van der Waals surface area contributed by atoms with E-state index in [1.54, 1.807) is 0 Å². The fourth-order valence-corrected chi connectivity index (χ4v) is 6.59. The highest BCUT2D eigenvalue weighted by atomic mass is 19.4. The first-order chi connectivity index (χ1) is 19.1. The minimum absolute atomic E-state index is 0.0298. The molecule has 5 rings (SSSR count). The van der Waals surface area contributed by atoms with Crippen LogP contribution in [0.2, 0.25) is 0 Å². The Morgan fingerprint density at radius 2 is 1.90 bits per heavy atom. The average Bonchev–Trinajstić information content (AvgIpc) is 3.56. The Morgan fingerprint density at radius 3 is 2.55 bits per heavy atom. The largest absolute Gasteiger partial charge is 0.496 e. The number of rotatable bonds is 8. The quantitative estimate of drug-likeness (QED) is 0.495. The molecule has 11 heteroatoms. The summed E-state index contributed by atoms with van der Waals surface area (Å²) in [6.07, 6.45) is 2.37. The van der Waals surface area contributed by atoms with Crippen molar-refractivity contribution in [3.63, 3.8) is 0 Å². The van der Waals surface area contributed by atoms with Gasteiger partial charge in [-0.05, 0) is 56.6 Å². The lowest BCUT2D eigenvalue weighted by Crippen LogP contribution is -2.47. The Hall–Kier alpha value is -2.53. The van der Waals surface area contributed by atoms with Gasteiger partial charge in [0.15, 0.2) is 0 Å². The number of hydrogen-bond donors (Lipinski definition) is 1. The standard InChI is InChI=1S/C29H40F3N3O5/c1-38-25-15-23(29(30,31)32)9-8-22(25)18-34-12-10-28(11-13-34)19-35(27(37)40-28)17-20-4-6-21(7-5-20)26(36)33-16-24-3-2-14-39-24/h8-9,15,20-21,24H,2-7,10-14,16-19H2,1H3,(H,33,36)/t20-,21-,24?.